The van der Waals surface area contributed by atoms with Crippen LogP contribution in [0.25, 0.3) is 0 Å². The fourth-order valence-corrected chi connectivity index (χ4v) is 2.97. The highest BCUT2D eigenvalue weighted by Crippen LogP contribution is 2.15. The van der Waals surface area contributed by atoms with Crippen molar-refractivity contribution in [2.45, 2.75) is 33.1 Å². The molecule has 2 N–H and O–H groups in total. The zero-order valence-electron chi connectivity index (χ0n) is 13.1. The first kappa shape index (κ1) is 16.2. The number of hydrogen-bond acceptors (Lipinski definition) is 3. The van der Waals surface area contributed by atoms with Crippen LogP contribution in [-0.4, -0.2) is 41.2 Å². The molecule has 2 heterocycles. The number of thiocarbonyl (C=S) groups is 1. The Balaban J connectivity index is 1.61. The van der Waals surface area contributed by atoms with Gasteiger partial charge in [0.15, 0.2) is 5.11 Å². The minimum atomic E-state index is 0.653. The van der Waals surface area contributed by atoms with Crippen LogP contribution in [0.15, 0.2) is 18.3 Å². The SMILES string of the molecule is Cc1ccnc(NC(=S)NCCCN2CCC[C@H](C)C2)c1. The van der Waals surface area contributed by atoms with Crippen LogP contribution in [0.2, 0.25) is 0 Å². The van der Waals surface area contributed by atoms with E-state index in [2.05, 4.69) is 27.4 Å². The van der Waals surface area contributed by atoms with Crippen molar-refractivity contribution in [3.8, 4) is 0 Å². The van der Waals surface area contributed by atoms with Gasteiger partial charge in [-0.25, -0.2) is 4.98 Å². The highest BCUT2D eigenvalue weighted by atomic mass is 32.1. The summed E-state index contributed by atoms with van der Waals surface area (Å²) in [5, 5.41) is 7.03. The monoisotopic (exact) mass is 306 g/mol. The highest BCUT2D eigenvalue weighted by Gasteiger charge is 2.15. The number of nitrogens with one attached hydrogen (secondary N) is 2. The number of anilines is 1. The van der Waals surface area contributed by atoms with E-state index in [0.29, 0.717) is 5.11 Å². The zero-order chi connectivity index (χ0) is 15.1. The van der Waals surface area contributed by atoms with Gasteiger partial charge in [0.05, 0.1) is 0 Å². The molecule has 0 aromatic carbocycles. The van der Waals surface area contributed by atoms with Gasteiger partial charge in [-0.15, -0.1) is 0 Å². The summed E-state index contributed by atoms with van der Waals surface area (Å²) in [7, 11) is 0. The molecular weight excluding hydrogens is 280 g/mol. The molecule has 0 spiro atoms. The van der Waals surface area contributed by atoms with Crippen molar-refractivity contribution in [1.82, 2.24) is 15.2 Å². The molecule has 5 heteroatoms. The van der Waals surface area contributed by atoms with Crippen molar-refractivity contribution in [2.75, 3.05) is 31.5 Å². The summed E-state index contributed by atoms with van der Waals surface area (Å²) in [5.74, 6) is 1.65. The summed E-state index contributed by atoms with van der Waals surface area (Å²) in [4.78, 5) is 6.81. The van der Waals surface area contributed by atoms with Gasteiger partial charge in [0, 0.05) is 19.3 Å². The number of piperidine rings is 1. The molecule has 116 valence electrons. The quantitative estimate of drug-likeness (QED) is 0.646. The smallest absolute Gasteiger partial charge is 0.171 e. The maximum atomic E-state index is 5.29. The molecule has 0 aliphatic carbocycles. The Labute approximate surface area is 133 Å². The number of rotatable bonds is 5. The molecule has 0 bridgehead atoms. The molecule has 0 unspecified atom stereocenters. The standard InChI is InChI=1S/C16H26N4S/c1-13-6-8-17-15(11-13)19-16(21)18-7-4-10-20-9-3-5-14(2)12-20/h6,8,11,14H,3-5,7,9-10,12H2,1-2H3,(H2,17,18,19,21)/t14-/m0/s1. The summed E-state index contributed by atoms with van der Waals surface area (Å²) >= 11 is 5.29. The van der Waals surface area contributed by atoms with E-state index in [9.17, 15) is 0 Å². The first-order valence-corrected chi connectivity index (χ1v) is 8.24. The van der Waals surface area contributed by atoms with Gasteiger partial charge in [0.2, 0.25) is 0 Å². The maximum absolute atomic E-state index is 5.29. The van der Waals surface area contributed by atoms with Gasteiger partial charge in [-0.2, -0.15) is 0 Å². The van der Waals surface area contributed by atoms with E-state index in [0.717, 1.165) is 31.2 Å². The Hall–Kier alpha value is -1.20. The van der Waals surface area contributed by atoms with Crippen molar-refractivity contribution < 1.29 is 0 Å². The minimum Gasteiger partial charge on any atom is -0.362 e. The zero-order valence-corrected chi connectivity index (χ0v) is 13.9. The van der Waals surface area contributed by atoms with Crippen LogP contribution in [0.1, 0.15) is 31.7 Å². The normalized spacial score (nSPS) is 19.2. The average Bonchev–Trinajstić information content (AvgIpc) is 2.44. The molecule has 1 aliphatic rings. The van der Waals surface area contributed by atoms with E-state index >= 15 is 0 Å². The lowest BCUT2D eigenvalue weighted by atomic mass is 10.0. The first-order valence-electron chi connectivity index (χ1n) is 7.83. The number of nitrogens with zero attached hydrogens (tertiary/aromatic N) is 2. The number of aromatic nitrogens is 1. The Morgan fingerprint density at radius 3 is 3.14 bits per heavy atom. The Morgan fingerprint density at radius 2 is 2.38 bits per heavy atom. The second kappa shape index (κ2) is 8.29. The molecule has 1 atom stereocenters. The Kier molecular flexibility index (Phi) is 6.39. The number of hydrogen-bond donors (Lipinski definition) is 2. The molecule has 4 nitrogen and oxygen atoms in total. The topological polar surface area (TPSA) is 40.2 Å². The van der Waals surface area contributed by atoms with Crippen molar-refractivity contribution in [2.24, 2.45) is 5.92 Å². The predicted octanol–water partition coefficient (Wildman–Crippen LogP) is 2.80. The van der Waals surface area contributed by atoms with Gasteiger partial charge in [-0.1, -0.05) is 6.92 Å². The number of pyridine rings is 1. The molecule has 1 aromatic heterocycles. The van der Waals surface area contributed by atoms with Gasteiger partial charge < -0.3 is 15.5 Å². The molecule has 0 radical (unpaired) electrons. The Bertz CT molecular complexity index is 463. The van der Waals surface area contributed by atoms with Crippen molar-refractivity contribution in [3.63, 3.8) is 0 Å². The summed E-state index contributed by atoms with van der Waals surface area (Å²) in [6, 6.07) is 3.96. The maximum Gasteiger partial charge on any atom is 0.171 e. The van der Waals surface area contributed by atoms with Gasteiger partial charge in [-0.3, -0.25) is 0 Å². The fourth-order valence-electron chi connectivity index (χ4n) is 2.76. The Morgan fingerprint density at radius 1 is 1.52 bits per heavy atom. The summed E-state index contributed by atoms with van der Waals surface area (Å²) in [5.41, 5.74) is 1.18. The molecule has 2 rings (SSSR count). The van der Waals surface area contributed by atoms with Crippen LogP contribution in [0.3, 0.4) is 0 Å². The van der Waals surface area contributed by atoms with E-state index in [1.54, 1.807) is 6.20 Å². The van der Waals surface area contributed by atoms with Crippen LogP contribution in [0.4, 0.5) is 5.82 Å². The third-order valence-electron chi connectivity index (χ3n) is 3.83. The third kappa shape index (κ3) is 5.98. The van der Waals surface area contributed by atoms with E-state index in [-0.39, 0.29) is 0 Å². The number of likely N-dealkylation sites (tertiary alicyclic amines) is 1. The third-order valence-corrected chi connectivity index (χ3v) is 4.08. The van der Waals surface area contributed by atoms with Crippen LogP contribution in [0.5, 0.6) is 0 Å². The lowest BCUT2D eigenvalue weighted by Gasteiger charge is -2.30. The fraction of sp³-hybridized carbons (Fsp3) is 0.625. The second-order valence-electron chi connectivity index (χ2n) is 6.00. The predicted molar refractivity (Wildman–Crippen MR) is 92.7 cm³/mol. The first-order chi connectivity index (χ1) is 10.1. The molecule has 1 aromatic rings. The molecule has 1 saturated heterocycles. The summed E-state index contributed by atoms with van der Waals surface area (Å²) in [6.45, 7) is 8.95. The van der Waals surface area contributed by atoms with Crippen molar-refractivity contribution >= 4 is 23.1 Å². The molecule has 21 heavy (non-hydrogen) atoms. The lowest BCUT2D eigenvalue weighted by Crippen LogP contribution is -2.37. The van der Waals surface area contributed by atoms with E-state index in [4.69, 9.17) is 12.2 Å². The van der Waals surface area contributed by atoms with Crippen LogP contribution < -0.4 is 10.6 Å². The summed E-state index contributed by atoms with van der Waals surface area (Å²) in [6.07, 6.45) is 5.63. The minimum absolute atomic E-state index is 0.653. The molecular formula is C16H26N4S. The van der Waals surface area contributed by atoms with E-state index < -0.39 is 0 Å². The van der Waals surface area contributed by atoms with E-state index in [1.165, 1.54) is 31.5 Å². The molecule has 0 amide bonds. The highest BCUT2D eigenvalue weighted by molar-refractivity contribution is 7.80. The van der Waals surface area contributed by atoms with Crippen molar-refractivity contribution in [1.29, 1.82) is 0 Å². The van der Waals surface area contributed by atoms with Crippen molar-refractivity contribution in [3.05, 3.63) is 23.9 Å². The van der Waals surface area contributed by atoms with Crippen LogP contribution in [0, 0.1) is 12.8 Å². The van der Waals surface area contributed by atoms with Gasteiger partial charge in [0.1, 0.15) is 5.82 Å². The van der Waals surface area contributed by atoms with Gasteiger partial charge in [0.25, 0.3) is 0 Å². The van der Waals surface area contributed by atoms with Gasteiger partial charge in [-0.05, 0) is 75.1 Å². The van der Waals surface area contributed by atoms with Gasteiger partial charge >= 0.3 is 0 Å². The average molecular weight is 306 g/mol. The van der Waals surface area contributed by atoms with E-state index in [1.807, 2.05) is 19.1 Å². The second-order valence-corrected chi connectivity index (χ2v) is 6.41. The molecule has 0 saturated carbocycles. The lowest BCUT2D eigenvalue weighted by molar-refractivity contribution is 0.182. The van der Waals surface area contributed by atoms with Crippen LogP contribution in [-0.2, 0) is 0 Å². The largest absolute Gasteiger partial charge is 0.362 e. The molecule has 1 fully saturated rings. The molecule has 1 aliphatic heterocycles. The summed E-state index contributed by atoms with van der Waals surface area (Å²) < 4.78 is 0. The number of aryl methyl sites for hydroxylation is 1. The van der Waals surface area contributed by atoms with Crippen LogP contribution >= 0.6 is 12.2 Å².